The Labute approximate surface area is 153 Å². The highest BCUT2D eigenvalue weighted by Gasteiger charge is 2.14. The van der Waals surface area contributed by atoms with Crippen LogP contribution in [0.1, 0.15) is 10.4 Å². The van der Waals surface area contributed by atoms with Crippen molar-refractivity contribution in [3.05, 3.63) is 48.0 Å². The highest BCUT2D eigenvalue weighted by Crippen LogP contribution is 2.28. The molecule has 0 fully saturated rings. The maximum absolute atomic E-state index is 12.2. The van der Waals surface area contributed by atoms with Gasteiger partial charge in [-0.2, -0.15) is 8.78 Å². The lowest BCUT2D eigenvalue weighted by atomic mass is 10.2. The van der Waals surface area contributed by atoms with Crippen molar-refractivity contribution in [3.8, 4) is 17.2 Å². The number of halogens is 2. The van der Waals surface area contributed by atoms with Crippen LogP contribution in [-0.2, 0) is 9.53 Å². The third kappa shape index (κ3) is 5.84. The van der Waals surface area contributed by atoms with Gasteiger partial charge in [-0.15, -0.1) is 0 Å². The zero-order chi connectivity index (χ0) is 19.8. The van der Waals surface area contributed by atoms with Crippen LogP contribution in [0, 0.1) is 0 Å². The molecule has 0 bridgehead atoms. The Bertz CT molecular complexity index is 812. The van der Waals surface area contributed by atoms with E-state index < -0.39 is 25.1 Å². The Kier molecular flexibility index (Phi) is 6.93. The van der Waals surface area contributed by atoms with E-state index in [0.717, 1.165) is 6.07 Å². The third-order valence-electron chi connectivity index (χ3n) is 3.31. The summed E-state index contributed by atoms with van der Waals surface area (Å²) >= 11 is 0. The molecule has 9 heteroatoms. The van der Waals surface area contributed by atoms with E-state index in [0.29, 0.717) is 17.2 Å². The second kappa shape index (κ2) is 9.37. The molecule has 2 aromatic rings. The standard InChI is InChI=1S/C18H17F2NO6/c1-24-12-6-7-15(25-2)14(9-12)21-16(22)10-26-17(23)11-4-3-5-13(8-11)27-18(19)20/h3-9,18H,10H2,1-2H3,(H,21,22). The summed E-state index contributed by atoms with van der Waals surface area (Å²) in [7, 11) is 2.91. The molecule has 144 valence electrons. The molecule has 7 nitrogen and oxygen atoms in total. The van der Waals surface area contributed by atoms with Crippen molar-refractivity contribution in [2.24, 2.45) is 0 Å². The monoisotopic (exact) mass is 381 g/mol. The topological polar surface area (TPSA) is 83.1 Å². The number of methoxy groups -OCH3 is 2. The lowest BCUT2D eigenvalue weighted by Gasteiger charge is -2.12. The highest BCUT2D eigenvalue weighted by molar-refractivity contribution is 5.96. The molecule has 0 aliphatic rings. The maximum Gasteiger partial charge on any atom is 0.387 e. The Hall–Kier alpha value is -3.36. The van der Waals surface area contributed by atoms with Gasteiger partial charge in [0.05, 0.1) is 25.5 Å². The number of ether oxygens (including phenoxy) is 4. The van der Waals surface area contributed by atoms with E-state index in [-0.39, 0.29) is 11.3 Å². The quantitative estimate of drug-likeness (QED) is 0.708. The van der Waals surface area contributed by atoms with Crippen LogP contribution in [0.25, 0.3) is 0 Å². The SMILES string of the molecule is COc1ccc(OC)c(NC(=O)COC(=O)c2cccc(OC(F)F)c2)c1. The Morgan fingerprint density at radius 1 is 1.04 bits per heavy atom. The van der Waals surface area contributed by atoms with E-state index in [9.17, 15) is 18.4 Å². The first-order valence-electron chi connectivity index (χ1n) is 7.67. The normalized spacial score (nSPS) is 10.3. The van der Waals surface area contributed by atoms with Gasteiger partial charge in [0.15, 0.2) is 6.61 Å². The van der Waals surface area contributed by atoms with Crippen molar-refractivity contribution in [2.45, 2.75) is 6.61 Å². The van der Waals surface area contributed by atoms with Crippen LogP contribution in [0.15, 0.2) is 42.5 Å². The fourth-order valence-corrected chi connectivity index (χ4v) is 2.11. The molecule has 0 saturated heterocycles. The maximum atomic E-state index is 12.2. The van der Waals surface area contributed by atoms with E-state index in [2.05, 4.69) is 10.1 Å². The lowest BCUT2D eigenvalue weighted by molar-refractivity contribution is -0.119. The fourth-order valence-electron chi connectivity index (χ4n) is 2.11. The fraction of sp³-hybridized carbons (Fsp3) is 0.222. The van der Waals surface area contributed by atoms with Gasteiger partial charge >= 0.3 is 12.6 Å². The van der Waals surface area contributed by atoms with Gasteiger partial charge in [-0.25, -0.2) is 4.79 Å². The summed E-state index contributed by atoms with van der Waals surface area (Å²) in [4.78, 5) is 24.0. The van der Waals surface area contributed by atoms with Gasteiger partial charge in [-0.1, -0.05) is 6.07 Å². The average Bonchev–Trinajstić information content (AvgIpc) is 2.65. The molecule has 1 amide bonds. The van der Waals surface area contributed by atoms with E-state index >= 15 is 0 Å². The minimum absolute atomic E-state index is 0.0279. The van der Waals surface area contributed by atoms with E-state index in [1.54, 1.807) is 18.2 Å². The van der Waals surface area contributed by atoms with E-state index in [4.69, 9.17) is 14.2 Å². The Balaban J connectivity index is 1.96. The number of rotatable bonds is 8. The molecular weight excluding hydrogens is 364 g/mol. The van der Waals surface area contributed by atoms with Crippen LogP contribution in [0.5, 0.6) is 17.2 Å². The van der Waals surface area contributed by atoms with Crippen LogP contribution < -0.4 is 19.5 Å². The molecule has 2 aromatic carbocycles. The van der Waals surface area contributed by atoms with Crippen molar-refractivity contribution < 1.29 is 37.3 Å². The number of benzene rings is 2. The van der Waals surface area contributed by atoms with Gasteiger partial charge in [0.1, 0.15) is 17.2 Å². The number of hydrogen-bond donors (Lipinski definition) is 1. The minimum atomic E-state index is -3.01. The summed E-state index contributed by atoms with van der Waals surface area (Å²) in [6, 6.07) is 9.88. The average molecular weight is 381 g/mol. The molecule has 27 heavy (non-hydrogen) atoms. The first kappa shape index (κ1) is 20.0. The van der Waals surface area contributed by atoms with Gasteiger partial charge in [-0.05, 0) is 30.3 Å². The van der Waals surface area contributed by atoms with Crippen molar-refractivity contribution in [3.63, 3.8) is 0 Å². The van der Waals surface area contributed by atoms with Crippen LogP contribution >= 0.6 is 0 Å². The van der Waals surface area contributed by atoms with E-state index in [1.165, 1.54) is 32.4 Å². The lowest BCUT2D eigenvalue weighted by Crippen LogP contribution is -2.21. The van der Waals surface area contributed by atoms with Gasteiger partial charge in [0, 0.05) is 6.07 Å². The number of anilines is 1. The van der Waals surface area contributed by atoms with Gasteiger partial charge in [0.25, 0.3) is 5.91 Å². The van der Waals surface area contributed by atoms with Crippen LogP contribution in [0.4, 0.5) is 14.5 Å². The summed E-state index contributed by atoms with van der Waals surface area (Å²) in [6.45, 7) is -3.60. The summed E-state index contributed by atoms with van der Waals surface area (Å²) < 4.78 is 43.7. The van der Waals surface area contributed by atoms with Crippen molar-refractivity contribution >= 4 is 17.6 Å². The molecule has 0 spiro atoms. The third-order valence-corrected chi connectivity index (χ3v) is 3.31. The van der Waals surface area contributed by atoms with Crippen LogP contribution in [0.2, 0.25) is 0 Å². The second-order valence-electron chi connectivity index (χ2n) is 5.10. The van der Waals surface area contributed by atoms with Crippen molar-refractivity contribution in [1.29, 1.82) is 0 Å². The number of hydrogen-bond acceptors (Lipinski definition) is 6. The first-order chi connectivity index (χ1) is 12.9. The summed E-state index contributed by atoms with van der Waals surface area (Å²) in [5, 5.41) is 2.54. The zero-order valence-corrected chi connectivity index (χ0v) is 14.5. The largest absolute Gasteiger partial charge is 0.497 e. The Morgan fingerprint density at radius 2 is 1.81 bits per heavy atom. The minimum Gasteiger partial charge on any atom is -0.497 e. The molecule has 0 aliphatic carbocycles. The molecule has 1 N–H and O–H groups in total. The smallest absolute Gasteiger partial charge is 0.387 e. The van der Waals surface area contributed by atoms with Crippen LogP contribution in [-0.4, -0.2) is 39.3 Å². The molecule has 0 aliphatic heterocycles. The number of carbonyl (C=O) groups excluding carboxylic acids is 2. The summed E-state index contributed by atoms with van der Waals surface area (Å²) in [6.07, 6.45) is 0. The Morgan fingerprint density at radius 3 is 2.48 bits per heavy atom. The molecule has 0 heterocycles. The van der Waals surface area contributed by atoms with Crippen molar-refractivity contribution in [1.82, 2.24) is 0 Å². The predicted molar refractivity (Wildman–Crippen MR) is 91.5 cm³/mol. The molecule has 2 rings (SSSR count). The van der Waals surface area contributed by atoms with Crippen LogP contribution in [0.3, 0.4) is 0 Å². The number of nitrogens with one attached hydrogen (secondary N) is 1. The van der Waals surface area contributed by atoms with E-state index in [1.807, 2.05) is 0 Å². The molecule has 0 aromatic heterocycles. The number of amides is 1. The van der Waals surface area contributed by atoms with Gasteiger partial charge < -0.3 is 24.3 Å². The molecule has 0 radical (unpaired) electrons. The predicted octanol–water partition coefficient (Wildman–Crippen LogP) is 3.10. The molecule has 0 saturated carbocycles. The first-order valence-corrected chi connectivity index (χ1v) is 7.67. The highest BCUT2D eigenvalue weighted by atomic mass is 19.3. The number of carbonyl (C=O) groups is 2. The summed E-state index contributed by atoms with van der Waals surface area (Å²) in [5.41, 5.74) is 0.310. The van der Waals surface area contributed by atoms with Crippen molar-refractivity contribution in [2.75, 3.05) is 26.1 Å². The molecular formula is C18H17F2NO6. The second-order valence-corrected chi connectivity index (χ2v) is 5.10. The summed E-state index contributed by atoms with van der Waals surface area (Å²) in [5.74, 6) is -0.770. The molecule has 0 unspecified atom stereocenters. The zero-order valence-electron chi connectivity index (χ0n) is 14.5. The number of esters is 1. The van der Waals surface area contributed by atoms with Gasteiger partial charge in [-0.3, -0.25) is 4.79 Å². The number of alkyl halides is 2. The molecule has 0 atom stereocenters. The van der Waals surface area contributed by atoms with Gasteiger partial charge in [0.2, 0.25) is 0 Å².